The van der Waals surface area contributed by atoms with E-state index in [1.165, 1.54) is 0 Å². The molecule has 2 aromatic carbocycles. The van der Waals surface area contributed by atoms with E-state index >= 15 is 0 Å². The second-order valence-electron chi connectivity index (χ2n) is 4.41. The van der Waals surface area contributed by atoms with Gasteiger partial charge in [-0.1, -0.05) is 35.9 Å². The third-order valence-corrected chi connectivity index (χ3v) is 3.33. The summed E-state index contributed by atoms with van der Waals surface area (Å²) in [4.78, 5) is 11.4. The van der Waals surface area contributed by atoms with Crippen LogP contribution in [-0.2, 0) is 4.79 Å². The molecule has 102 valence electrons. The molecule has 1 aliphatic rings. The highest BCUT2D eigenvalue weighted by Crippen LogP contribution is 2.39. The summed E-state index contributed by atoms with van der Waals surface area (Å²) in [5, 5.41) is 9.90. The molecule has 1 heterocycles. The number of hydrogen-bond donors (Lipinski definition) is 1. The Bertz CT molecular complexity index is 639. The molecule has 2 unspecified atom stereocenters. The van der Waals surface area contributed by atoms with E-state index in [0.717, 1.165) is 0 Å². The number of halogens is 1. The van der Waals surface area contributed by atoms with Gasteiger partial charge in [-0.15, -0.1) is 0 Å². The van der Waals surface area contributed by atoms with Crippen molar-refractivity contribution >= 4 is 17.6 Å². The van der Waals surface area contributed by atoms with E-state index in [2.05, 4.69) is 0 Å². The van der Waals surface area contributed by atoms with Gasteiger partial charge in [-0.05, 0) is 29.8 Å². The summed E-state index contributed by atoms with van der Waals surface area (Å²) in [6, 6.07) is 13.9. The van der Waals surface area contributed by atoms with Crippen LogP contribution in [0, 0.1) is 0 Å². The van der Waals surface area contributed by atoms with Crippen LogP contribution in [0.15, 0.2) is 48.5 Å². The predicted molar refractivity (Wildman–Crippen MR) is 73.3 cm³/mol. The van der Waals surface area contributed by atoms with Crippen LogP contribution in [-0.4, -0.2) is 17.2 Å². The minimum Gasteiger partial charge on any atom is -0.478 e. The molecule has 0 spiro atoms. The molecule has 0 aliphatic carbocycles. The Balaban J connectivity index is 2.00. The molecule has 2 atom stereocenters. The highest BCUT2D eigenvalue weighted by Gasteiger charge is 2.38. The first-order valence-electron chi connectivity index (χ1n) is 6.06. The number of para-hydroxylation sites is 2. The molecule has 1 aliphatic heterocycles. The lowest BCUT2D eigenvalue weighted by atomic mass is 10.0. The summed E-state index contributed by atoms with van der Waals surface area (Å²) < 4.78 is 11.3. The van der Waals surface area contributed by atoms with E-state index in [9.17, 15) is 9.90 Å². The smallest absolute Gasteiger partial charge is 0.349 e. The van der Waals surface area contributed by atoms with Crippen molar-refractivity contribution in [2.24, 2.45) is 0 Å². The van der Waals surface area contributed by atoms with Gasteiger partial charge in [0.2, 0.25) is 6.10 Å². The third-order valence-electron chi connectivity index (χ3n) is 3.07. The van der Waals surface area contributed by atoms with Gasteiger partial charge in [0.1, 0.15) is 0 Å². The Kier molecular flexibility index (Phi) is 3.24. The molecule has 0 bridgehead atoms. The average Bonchev–Trinajstić information content (AvgIpc) is 2.46. The molecule has 0 aromatic heterocycles. The van der Waals surface area contributed by atoms with Crippen LogP contribution < -0.4 is 9.47 Å². The number of rotatable bonds is 2. The standard InChI is InChI=1S/C15H11ClO4/c16-10-7-5-9(6-8-10)13-14(15(17)18)20-12-4-2-1-3-11(12)19-13/h1-8,13-14H,(H,17,18). The fraction of sp³-hybridized carbons (Fsp3) is 0.133. The van der Waals surface area contributed by atoms with E-state index in [4.69, 9.17) is 21.1 Å². The molecule has 0 radical (unpaired) electrons. The van der Waals surface area contributed by atoms with Gasteiger partial charge in [-0.25, -0.2) is 4.79 Å². The van der Waals surface area contributed by atoms with Crippen molar-refractivity contribution in [1.82, 2.24) is 0 Å². The lowest BCUT2D eigenvalue weighted by Crippen LogP contribution is -2.39. The predicted octanol–water partition coefficient (Wildman–Crippen LogP) is 3.31. The van der Waals surface area contributed by atoms with Crippen LogP contribution in [0.5, 0.6) is 11.5 Å². The summed E-state index contributed by atoms with van der Waals surface area (Å²) >= 11 is 5.84. The number of aliphatic carboxylic acids is 1. The van der Waals surface area contributed by atoms with Gasteiger partial charge in [0.25, 0.3) is 0 Å². The van der Waals surface area contributed by atoms with Crippen molar-refractivity contribution in [2.75, 3.05) is 0 Å². The van der Waals surface area contributed by atoms with Gasteiger partial charge in [0, 0.05) is 5.02 Å². The Morgan fingerprint density at radius 3 is 2.20 bits per heavy atom. The van der Waals surface area contributed by atoms with E-state index in [0.29, 0.717) is 22.1 Å². The third kappa shape index (κ3) is 2.30. The number of fused-ring (bicyclic) bond motifs is 1. The number of benzene rings is 2. The summed E-state index contributed by atoms with van der Waals surface area (Å²) in [6.07, 6.45) is -1.80. The zero-order valence-corrected chi connectivity index (χ0v) is 11.1. The zero-order chi connectivity index (χ0) is 14.1. The molecule has 4 nitrogen and oxygen atoms in total. The quantitative estimate of drug-likeness (QED) is 0.922. The topological polar surface area (TPSA) is 55.8 Å². The minimum absolute atomic E-state index is 0.435. The first-order valence-corrected chi connectivity index (χ1v) is 6.43. The zero-order valence-electron chi connectivity index (χ0n) is 10.3. The molecule has 0 fully saturated rings. The highest BCUT2D eigenvalue weighted by molar-refractivity contribution is 6.30. The Morgan fingerprint density at radius 2 is 1.60 bits per heavy atom. The van der Waals surface area contributed by atoms with E-state index in [1.54, 1.807) is 42.5 Å². The largest absolute Gasteiger partial charge is 0.478 e. The van der Waals surface area contributed by atoms with Gasteiger partial charge in [0.15, 0.2) is 17.6 Å². The second kappa shape index (κ2) is 5.06. The van der Waals surface area contributed by atoms with Crippen molar-refractivity contribution in [3.05, 3.63) is 59.1 Å². The molecule has 0 amide bonds. The molecule has 2 aromatic rings. The first-order chi connectivity index (χ1) is 9.65. The molecule has 5 heteroatoms. The molecule has 0 saturated carbocycles. The summed E-state index contributed by atoms with van der Waals surface area (Å²) in [7, 11) is 0. The number of carboxylic acid groups (broad SMARTS) is 1. The van der Waals surface area contributed by atoms with E-state index in [-0.39, 0.29) is 0 Å². The Labute approximate surface area is 120 Å². The first kappa shape index (κ1) is 12.8. The van der Waals surface area contributed by atoms with Crippen LogP contribution >= 0.6 is 11.6 Å². The van der Waals surface area contributed by atoms with Crippen molar-refractivity contribution in [3.63, 3.8) is 0 Å². The fourth-order valence-corrected chi connectivity index (χ4v) is 2.24. The van der Waals surface area contributed by atoms with Crippen molar-refractivity contribution in [3.8, 4) is 11.5 Å². The van der Waals surface area contributed by atoms with Gasteiger partial charge in [-0.3, -0.25) is 0 Å². The molecule has 20 heavy (non-hydrogen) atoms. The monoisotopic (exact) mass is 290 g/mol. The van der Waals surface area contributed by atoms with E-state index < -0.39 is 18.2 Å². The van der Waals surface area contributed by atoms with Crippen molar-refractivity contribution in [2.45, 2.75) is 12.2 Å². The fourth-order valence-electron chi connectivity index (χ4n) is 2.12. The van der Waals surface area contributed by atoms with Gasteiger partial charge < -0.3 is 14.6 Å². The molecule has 0 saturated heterocycles. The lowest BCUT2D eigenvalue weighted by molar-refractivity contribution is -0.151. The molecular weight excluding hydrogens is 280 g/mol. The summed E-state index contributed by atoms with van der Waals surface area (Å²) in [5.41, 5.74) is 0.705. The lowest BCUT2D eigenvalue weighted by Gasteiger charge is -2.31. The SMILES string of the molecule is O=C(O)C1Oc2ccccc2OC1c1ccc(Cl)cc1. The average molecular weight is 291 g/mol. The molecular formula is C15H11ClO4. The maximum atomic E-state index is 11.4. The van der Waals surface area contributed by atoms with E-state index in [1.807, 2.05) is 6.07 Å². The van der Waals surface area contributed by atoms with Crippen LogP contribution in [0.1, 0.15) is 11.7 Å². The Hall–Kier alpha value is -2.20. The molecule has 1 N–H and O–H groups in total. The maximum Gasteiger partial charge on any atom is 0.349 e. The second-order valence-corrected chi connectivity index (χ2v) is 4.85. The normalized spacial score (nSPS) is 20.4. The maximum absolute atomic E-state index is 11.4. The van der Waals surface area contributed by atoms with Gasteiger partial charge >= 0.3 is 5.97 Å². The number of hydrogen-bond acceptors (Lipinski definition) is 3. The Morgan fingerprint density at radius 1 is 1.00 bits per heavy atom. The number of carbonyl (C=O) groups is 1. The van der Waals surface area contributed by atoms with Gasteiger partial charge in [-0.2, -0.15) is 0 Å². The van der Waals surface area contributed by atoms with Crippen LogP contribution in [0.3, 0.4) is 0 Å². The summed E-state index contributed by atoms with van der Waals surface area (Å²) in [6.45, 7) is 0. The number of ether oxygens (including phenoxy) is 2. The summed E-state index contributed by atoms with van der Waals surface area (Å²) in [5.74, 6) is -0.102. The van der Waals surface area contributed by atoms with Crippen LogP contribution in [0.25, 0.3) is 0 Å². The van der Waals surface area contributed by atoms with Gasteiger partial charge in [0.05, 0.1) is 0 Å². The number of carboxylic acids is 1. The van der Waals surface area contributed by atoms with Crippen LogP contribution in [0.4, 0.5) is 0 Å². The van der Waals surface area contributed by atoms with Crippen LogP contribution in [0.2, 0.25) is 5.02 Å². The van der Waals surface area contributed by atoms with Crippen molar-refractivity contribution < 1.29 is 19.4 Å². The molecule has 3 rings (SSSR count). The minimum atomic E-state index is -1.09. The highest BCUT2D eigenvalue weighted by atomic mass is 35.5. The van der Waals surface area contributed by atoms with Crippen molar-refractivity contribution in [1.29, 1.82) is 0 Å².